The van der Waals surface area contributed by atoms with Crippen LogP contribution in [0.1, 0.15) is 11.1 Å². The van der Waals surface area contributed by atoms with E-state index >= 15 is 0 Å². The molecule has 0 spiro atoms. The maximum absolute atomic E-state index is 3.59. The summed E-state index contributed by atoms with van der Waals surface area (Å²) in [6.07, 6.45) is 1.01. The Morgan fingerprint density at radius 3 is 2.37 bits per heavy atom. The predicted molar refractivity (Wildman–Crippen MR) is 79.0 cm³/mol. The minimum absolute atomic E-state index is 1.01. The van der Waals surface area contributed by atoms with Crippen molar-refractivity contribution in [1.29, 1.82) is 0 Å². The van der Waals surface area contributed by atoms with Gasteiger partial charge in [-0.25, -0.2) is 0 Å². The molecule has 0 atom stereocenters. The van der Waals surface area contributed by atoms with E-state index in [0.29, 0.717) is 0 Å². The van der Waals surface area contributed by atoms with E-state index in [4.69, 9.17) is 0 Å². The molecule has 0 heteroatoms. The topological polar surface area (TPSA) is 0 Å². The Labute approximate surface area is 113 Å². The van der Waals surface area contributed by atoms with Crippen LogP contribution in [0.3, 0.4) is 0 Å². The summed E-state index contributed by atoms with van der Waals surface area (Å²) >= 11 is 0. The lowest BCUT2D eigenvalue weighted by Crippen LogP contribution is -1.84. The van der Waals surface area contributed by atoms with E-state index in [9.17, 15) is 0 Å². The standard InChI is InChI=1S/C19H13/c1-2-6-14(7-3-1)15-10-11-19-17(12-15)13-16-8-4-5-9-18(16)19/h1-11H,13H2. The molecule has 0 saturated heterocycles. The van der Waals surface area contributed by atoms with Crippen molar-refractivity contribution in [3.05, 3.63) is 83.9 Å². The molecule has 1 radical (unpaired) electrons. The molecule has 1 aliphatic rings. The summed E-state index contributed by atoms with van der Waals surface area (Å²) in [4.78, 5) is 0. The van der Waals surface area contributed by atoms with Crippen molar-refractivity contribution in [2.45, 2.75) is 6.42 Å². The molecule has 0 heterocycles. The van der Waals surface area contributed by atoms with Crippen LogP contribution in [-0.2, 0) is 6.42 Å². The van der Waals surface area contributed by atoms with Crippen LogP contribution in [0.5, 0.6) is 0 Å². The van der Waals surface area contributed by atoms with Gasteiger partial charge in [-0.05, 0) is 45.9 Å². The van der Waals surface area contributed by atoms with Gasteiger partial charge in [-0.1, -0.05) is 66.7 Å². The number of rotatable bonds is 1. The van der Waals surface area contributed by atoms with Gasteiger partial charge in [0, 0.05) is 0 Å². The van der Waals surface area contributed by atoms with E-state index in [0.717, 1.165) is 6.42 Å². The van der Waals surface area contributed by atoms with Crippen molar-refractivity contribution in [2.24, 2.45) is 0 Å². The quantitative estimate of drug-likeness (QED) is 0.452. The van der Waals surface area contributed by atoms with Crippen LogP contribution < -0.4 is 0 Å². The molecule has 0 nitrogen and oxygen atoms in total. The highest BCUT2D eigenvalue weighted by molar-refractivity contribution is 5.79. The number of hydrogen-bond acceptors (Lipinski definition) is 0. The largest absolute Gasteiger partial charge is 0.0622 e. The van der Waals surface area contributed by atoms with Crippen LogP contribution >= 0.6 is 0 Å². The molecule has 0 amide bonds. The fourth-order valence-electron chi connectivity index (χ4n) is 2.84. The van der Waals surface area contributed by atoms with Gasteiger partial charge in [0.1, 0.15) is 0 Å². The Morgan fingerprint density at radius 1 is 0.684 bits per heavy atom. The Hall–Kier alpha value is -2.34. The lowest BCUT2D eigenvalue weighted by Gasteiger charge is -2.04. The Kier molecular flexibility index (Phi) is 2.28. The Morgan fingerprint density at radius 2 is 1.47 bits per heavy atom. The molecule has 0 N–H and O–H groups in total. The molecule has 0 fully saturated rings. The first-order valence-electron chi connectivity index (χ1n) is 6.61. The predicted octanol–water partition coefficient (Wildman–Crippen LogP) is 4.72. The molecular formula is C19H13. The zero-order valence-electron chi connectivity index (χ0n) is 10.6. The maximum Gasteiger partial charge on any atom is -0.000706 e. The van der Waals surface area contributed by atoms with Crippen molar-refractivity contribution in [2.75, 3.05) is 0 Å². The highest BCUT2D eigenvalue weighted by Gasteiger charge is 2.18. The lowest BCUT2D eigenvalue weighted by molar-refractivity contribution is 1.26. The average molecular weight is 241 g/mol. The van der Waals surface area contributed by atoms with Crippen molar-refractivity contribution in [3.63, 3.8) is 0 Å². The fraction of sp³-hybridized carbons (Fsp3) is 0.0526. The third-order valence-corrected chi connectivity index (χ3v) is 3.79. The van der Waals surface area contributed by atoms with E-state index in [1.807, 2.05) is 6.07 Å². The first-order valence-corrected chi connectivity index (χ1v) is 6.61. The summed E-state index contributed by atoms with van der Waals surface area (Å²) in [6.45, 7) is 0. The molecule has 1 aliphatic carbocycles. The van der Waals surface area contributed by atoms with Gasteiger partial charge in [0.2, 0.25) is 0 Å². The van der Waals surface area contributed by atoms with Gasteiger partial charge in [-0.15, -0.1) is 0 Å². The van der Waals surface area contributed by atoms with Crippen molar-refractivity contribution in [3.8, 4) is 22.3 Å². The van der Waals surface area contributed by atoms with E-state index in [-0.39, 0.29) is 0 Å². The van der Waals surface area contributed by atoms with Crippen LogP contribution in [-0.4, -0.2) is 0 Å². The maximum atomic E-state index is 3.59. The summed E-state index contributed by atoms with van der Waals surface area (Å²) in [6, 6.07) is 27.1. The van der Waals surface area contributed by atoms with E-state index in [2.05, 4.69) is 66.7 Å². The van der Waals surface area contributed by atoms with E-state index in [1.165, 1.54) is 33.4 Å². The van der Waals surface area contributed by atoms with Crippen LogP contribution in [0.4, 0.5) is 0 Å². The molecule has 0 aliphatic heterocycles. The van der Waals surface area contributed by atoms with Gasteiger partial charge in [-0.3, -0.25) is 0 Å². The minimum Gasteiger partial charge on any atom is -0.0622 e. The normalized spacial score (nSPS) is 12.0. The van der Waals surface area contributed by atoms with Crippen molar-refractivity contribution >= 4 is 0 Å². The fourth-order valence-corrected chi connectivity index (χ4v) is 2.84. The molecule has 3 aromatic carbocycles. The third-order valence-electron chi connectivity index (χ3n) is 3.79. The minimum atomic E-state index is 1.01. The van der Waals surface area contributed by atoms with Gasteiger partial charge in [0.25, 0.3) is 0 Å². The van der Waals surface area contributed by atoms with Crippen LogP contribution in [0, 0.1) is 6.07 Å². The summed E-state index contributed by atoms with van der Waals surface area (Å²) < 4.78 is 0. The average Bonchev–Trinajstić information content (AvgIpc) is 2.86. The summed E-state index contributed by atoms with van der Waals surface area (Å²) in [5.41, 5.74) is 7.87. The zero-order valence-corrected chi connectivity index (χ0v) is 10.6. The highest BCUT2D eigenvalue weighted by atomic mass is 14.2. The molecule has 19 heavy (non-hydrogen) atoms. The van der Waals surface area contributed by atoms with Crippen LogP contribution in [0.15, 0.2) is 66.7 Å². The second-order valence-electron chi connectivity index (χ2n) is 4.96. The van der Waals surface area contributed by atoms with Gasteiger partial charge in [0.05, 0.1) is 0 Å². The number of fused-ring (bicyclic) bond motifs is 3. The Balaban J connectivity index is 1.84. The van der Waals surface area contributed by atoms with Crippen LogP contribution in [0.25, 0.3) is 22.3 Å². The summed E-state index contributed by atoms with van der Waals surface area (Å²) in [7, 11) is 0. The third kappa shape index (κ3) is 1.68. The van der Waals surface area contributed by atoms with Gasteiger partial charge < -0.3 is 0 Å². The summed E-state index contributed by atoms with van der Waals surface area (Å²) in [5, 5.41) is 0. The number of hydrogen-bond donors (Lipinski definition) is 0. The van der Waals surface area contributed by atoms with E-state index in [1.54, 1.807) is 0 Å². The van der Waals surface area contributed by atoms with E-state index < -0.39 is 0 Å². The SMILES string of the molecule is [c]1c(-c2ccccc2)ccc2c1Cc1ccccc1-2. The second-order valence-corrected chi connectivity index (χ2v) is 4.96. The van der Waals surface area contributed by atoms with Gasteiger partial charge >= 0.3 is 0 Å². The smallest absolute Gasteiger partial charge is 0.000706 e. The summed E-state index contributed by atoms with van der Waals surface area (Å²) in [5.74, 6) is 0. The molecule has 0 unspecified atom stereocenters. The second kappa shape index (κ2) is 4.10. The molecule has 0 aromatic heterocycles. The zero-order chi connectivity index (χ0) is 12.7. The Bertz CT molecular complexity index is 739. The van der Waals surface area contributed by atoms with Crippen LogP contribution in [0.2, 0.25) is 0 Å². The van der Waals surface area contributed by atoms with Crippen molar-refractivity contribution < 1.29 is 0 Å². The van der Waals surface area contributed by atoms with Crippen molar-refractivity contribution in [1.82, 2.24) is 0 Å². The molecule has 3 aromatic rings. The molecule has 0 bridgehead atoms. The first kappa shape index (κ1) is 10.6. The first-order chi connectivity index (χ1) is 9.42. The highest BCUT2D eigenvalue weighted by Crippen LogP contribution is 2.37. The molecule has 0 saturated carbocycles. The molecule has 89 valence electrons. The van der Waals surface area contributed by atoms with Gasteiger partial charge in [-0.2, -0.15) is 0 Å². The lowest BCUT2D eigenvalue weighted by atomic mass is 9.99. The molecule has 4 rings (SSSR count). The van der Waals surface area contributed by atoms with Gasteiger partial charge in [0.15, 0.2) is 0 Å². The monoisotopic (exact) mass is 241 g/mol. The number of benzene rings is 3. The molecular weight excluding hydrogens is 228 g/mol.